The molecule has 12 heteroatoms. The minimum absolute atomic E-state index is 0.0787. The highest BCUT2D eigenvalue weighted by molar-refractivity contribution is 9.10. The first-order chi connectivity index (χ1) is 13.4. The van der Waals surface area contributed by atoms with Gasteiger partial charge in [0.15, 0.2) is 5.75 Å². The van der Waals surface area contributed by atoms with Crippen molar-refractivity contribution in [2.24, 2.45) is 7.05 Å². The first-order valence-electron chi connectivity index (χ1n) is 7.72. The number of nitrogens with zero attached hydrogens (tertiary/aromatic N) is 5. The fourth-order valence-electron chi connectivity index (χ4n) is 2.26. The van der Waals surface area contributed by atoms with Gasteiger partial charge in [-0.2, -0.15) is 0 Å². The normalized spacial score (nSPS) is 10.5. The highest BCUT2D eigenvalue weighted by Gasteiger charge is 2.19. The summed E-state index contributed by atoms with van der Waals surface area (Å²) in [4.78, 5) is 24.0. The molecule has 0 unspecified atom stereocenters. The number of methoxy groups -OCH3 is 1. The first kappa shape index (κ1) is 19.8. The molecule has 0 aliphatic carbocycles. The van der Waals surface area contributed by atoms with Gasteiger partial charge in [-0.25, -0.2) is 4.68 Å². The molecule has 0 radical (unpaired) electrons. The van der Waals surface area contributed by atoms with Crippen LogP contribution in [0.15, 0.2) is 50.9 Å². The van der Waals surface area contributed by atoms with Crippen LogP contribution in [0.25, 0.3) is 0 Å². The summed E-state index contributed by atoms with van der Waals surface area (Å²) in [7, 11) is 3.03. The molecule has 1 N–H and O–H groups in total. The molecule has 28 heavy (non-hydrogen) atoms. The van der Waals surface area contributed by atoms with E-state index in [1.165, 1.54) is 41.8 Å². The molecule has 0 bridgehead atoms. The van der Waals surface area contributed by atoms with Crippen LogP contribution in [0.4, 0.5) is 11.4 Å². The smallest absolute Gasteiger partial charge is 0.311 e. The van der Waals surface area contributed by atoms with Gasteiger partial charge in [-0.15, -0.1) is 5.10 Å². The topological polar surface area (TPSA) is 125 Å². The van der Waals surface area contributed by atoms with E-state index in [9.17, 15) is 14.9 Å². The summed E-state index contributed by atoms with van der Waals surface area (Å²) >= 11 is 4.64. The molecule has 1 amide bonds. The third-order valence-electron chi connectivity index (χ3n) is 3.61. The number of halogens is 1. The SMILES string of the molecule is COc1ccc(C(=O)Nc2cc(Br)ccc2Sc2nnnn2C)cc1[N+](=O)[O-]. The fourth-order valence-corrected chi connectivity index (χ4v) is 3.42. The van der Waals surface area contributed by atoms with Crippen LogP contribution in [0.5, 0.6) is 5.75 Å². The third-order valence-corrected chi connectivity index (χ3v) is 5.21. The van der Waals surface area contributed by atoms with E-state index < -0.39 is 10.8 Å². The third kappa shape index (κ3) is 4.28. The van der Waals surface area contributed by atoms with E-state index in [2.05, 4.69) is 36.8 Å². The predicted octanol–water partition coefficient (Wildman–Crippen LogP) is 3.29. The molecule has 3 aromatic rings. The number of aryl methyl sites for hydroxylation is 1. The Morgan fingerprint density at radius 2 is 2.11 bits per heavy atom. The highest BCUT2D eigenvalue weighted by Crippen LogP contribution is 2.34. The monoisotopic (exact) mass is 464 g/mol. The van der Waals surface area contributed by atoms with Crippen LogP contribution in [-0.2, 0) is 7.05 Å². The molecule has 0 aliphatic rings. The van der Waals surface area contributed by atoms with Crippen LogP contribution in [-0.4, -0.2) is 38.1 Å². The summed E-state index contributed by atoms with van der Waals surface area (Å²) < 4.78 is 7.22. The van der Waals surface area contributed by atoms with Crippen molar-refractivity contribution >= 4 is 45.0 Å². The molecule has 0 atom stereocenters. The molecule has 2 aromatic carbocycles. The molecular formula is C16H13BrN6O4S. The lowest BCUT2D eigenvalue weighted by molar-refractivity contribution is -0.385. The molecule has 0 saturated heterocycles. The number of rotatable bonds is 6. The van der Waals surface area contributed by atoms with Gasteiger partial charge in [-0.05, 0) is 52.5 Å². The van der Waals surface area contributed by atoms with Crippen LogP contribution in [0.2, 0.25) is 0 Å². The van der Waals surface area contributed by atoms with Crippen LogP contribution < -0.4 is 10.1 Å². The lowest BCUT2D eigenvalue weighted by atomic mass is 10.1. The summed E-state index contributed by atoms with van der Waals surface area (Å²) in [5, 5.41) is 25.8. The van der Waals surface area contributed by atoms with Crippen molar-refractivity contribution in [3.8, 4) is 5.75 Å². The Kier molecular flexibility index (Phi) is 5.90. The molecule has 0 spiro atoms. The number of hydrogen-bond donors (Lipinski definition) is 1. The Morgan fingerprint density at radius 3 is 2.75 bits per heavy atom. The number of hydrogen-bond acceptors (Lipinski definition) is 8. The maximum Gasteiger partial charge on any atom is 0.311 e. The number of nitro benzene ring substituents is 1. The number of carbonyl (C=O) groups is 1. The fraction of sp³-hybridized carbons (Fsp3) is 0.125. The number of benzene rings is 2. The number of aromatic nitrogens is 4. The minimum Gasteiger partial charge on any atom is -0.490 e. The van der Waals surface area contributed by atoms with Crippen LogP contribution in [0.1, 0.15) is 10.4 Å². The zero-order valence-electron chi connectivity index (χ0n) is 14.6. The quantitative estimate of drug-likeness (QED) is 0.434. The lowest BCUT2D eigenvalue weighted by Gasteiger charge is -2.11. The van der Waals surface area contributed by atoms with Gasteiger partial charge in [0, 0.05) is 28.0 Å². The van der Waals surface area contributed by atoms with E-state index in [0.29, 0.717) is 15.7 Å². The first-order valence-corrected chi connectivity index (χ1v) is 9.33. The molecule has 1 aromatic heterocycles. The van der Waals surface area contributed by atoms with Crippen molar-refractivity contribution in [2.45, 2.75) is 10.1 Å². The Balaban J connectivity index is 1.90. The van der Waals surface area contributed by atoms with Crippen LogP contribution in [0.3, 0.4) is 0 Å². The second-order valence-corrected chi connectivity index (χ2v) is 7.35. The average Bonchev–Trinajstić information content (AvgIpc) is 3.07. The second-order valence-electron chi connectivity index (χ2n) is 5.43. The Morgan fingerprint density at radius 1 is 1.32 bits per heavy atom. The van der Waals surface area contributed by atoms with Crippen molar-refractivity contribution in [3.05, 3.63) is 56.5 Å². The summed E-state index contributed by atoms with van der Waals surface area (Å²) in [6.07, 6.45) is 0. The lowest BCUT2D eigenvalue weighted by Crippen LogP contribution is -2.13. The van der Waals surface area contributed by atoms with Gasteiger partial charge >= 0.3 is 5.69 Å². The highest BCUT2D eigenvalue weighted by atomic mass is 79.9. The number of amides is 1. The van der Waals surface area contributed by atoms with E-state index >= 15 is 0 Å². The van der Waals surface area contributed by atoms with Gasteiger partial charge in [0.05, 0.1) is 17.7 Å². The maximum atomic E-state index is 12.7. The Labute approximate surface area is 171 Å². The van der Waals surface area contributed by atoms with E-state index in [1.54, 1.807) is 19.2 Å². The van der Waals surface area contributed by atoms with Crippen molar-refractivity contribution in [1.29, 1.82) is 0 Å². The number of carbonyl (C=O) groups excluding carboxylic acids is 1. The summed E-state index contributed by atoms with van der Waals surface area (Å²) in [5.41, 5.74) is 0.346. The van der Waals surface area contributed by atoms with Crippen molar-refractivity contribution in [3.63, 3.8) is 0 Å². The molecular weight excluding hydrogens is 452 g/mol. The van der Waals surface area contributed by atoms with Gasteiger partial charge in [0.1, 0.15) is 0 Å². The van der Waals surface area contributed by atoms with Crippen molar-refractivity contribution < 1.29 is 14.5 Å². The van der Waals surface area contributed by atoms with Crippen LogP contribution >= 0.6 is 27.7 Å². The largest absolute Gasteiger partial charge is 0.490 e. The number of tetrazole rings is 1. The number of nitrogens with one attached hydrogen (secondary N) is 1. The van der Waals surface area contributed by atoms with Gasteiger partial charge in [-0.1, -0.05) is 15.9 Å². The molecule has 10 nitrogen and oxygen atoms in total. The molecule has 3 rings (SSSR count). The van der Waals surface area contributed by atoms with Crippen molar-refractivity contribution in [2.75, 3.05) is 12.4 Å². The number of ether oxygens (including phenoxy) is 1. The van der Waals surface area contributed by atoms with Gasteiger partial charge in [0.2, 0.25) is 5.16 Å². The van der Waals surface area contributed by atoms with Crippen LogP contribution in [0, 0.1) is 10.1 Å². The zero-order chi connectivity index (χ0) is 20.3. The predicted molar refractivity (Wildman–Crippen MR) is 105 cm³/mol. The average molecular weight is 465 g/mol. The number of anilines is 1. The summed E-state index contributed by atoms with van der Waals surface area (Å²) in [5.74, 6) is -0.420. The molecule has 0 fully saturated rings. The summed E-state index contributed by atoms with van der Waals surface area (Å²) in [6.45, 7) is 0. The van der Waals surface area contributed by atoms with Crippen molar-refractivity contribution in [1.82, 2.24) is 20.2 Å². The summed E-state index contributed by atoms with van der Waals surface area (Å²) in [6, 6.07) is 9.36. The Bertz CT molecular complexity index is 1060. The van der Waals surface area contributed by atoms with Gasteiger partial charge in [-0.3, -0.25) is 14.9 Å². The number of nitro groups is 1. The van der Waals surface area contributed by atoms with E-state index in [-0.39, 0.29) is 17.0 Å². The molecule has 0 aliphatic heterocycles. The van der Waals surface area contributed by atoms with Gasteiger partial charge in [0.25, 0.3) is 5.91 Å². The Hall–Kier alpha value is -2.99. The molecule has 1 heterocycles. The van der Waals surface area contributed by atoms with E-state index in [1.807, 2.05) is 6.07 Å². The molecule has 0 saturated carbocycles. The standard InChI is InChI=1S/C16H13BrN6O4S/c1-22-16(19-20-21-22)28-14-6-4-10(17)8-11(14)18-15(24)9-3-5-13(27-2)12(7-9)23(25)26/h3-8H,1-2H3,(H,18,24). The second kappa shape index (κ2) is 8.35. The van der Waals surface area contributed by atoms with E-state index in [0.717, 1.165) is 4.47 Å². The minimum atomic E-state index is -0.600. The van der Waals surface area contributed by atoms with E-state index in [4.69, 9.17) is 4.74 Å². The zero-order valence-corrected chi connectivity index (χ0v) is 17.0. The molecule has 144 valence electrons. The van der Waals surface area contributed by atoms with Gasteiger partial charge < -0.3 is 10.1 Å². The maximum absolute atomic E-state index is 12.7.